The molecule has 0 aliphatic heterocycles. The number of nitrogens with zero attached hydrogens (tertiary/aromatic N) is 2. The maximum Gasteiger partial charge on any atom is 0.0846 e. The highest BCUT2D eigenvalue weighted by atomic mass is 127. The van der Waals surface area contributed by atoms with Gasteiger partial charge in [0.1, 0.15) is 0 Å². The molecular formula is C16H14ClIN2O. The average molecular weight is 413 g/mol. The lowest BCUT2D eigenvalue weighted by atomic mass is 10.0. The van der Waals surface area contributed by atoms with Gasteiger partial charge in [-0.15, -0.1) is 0 Å². The molecule has 3 nitrogen and oxygen atoms in total. The number of aliphatic hydroxyl groups is 1. The van der Waals surface area contributed by atoms with Crippen LogP contribution in [0.1, 0.15) is 17.4 Å². The van der Waals surface area contributed by atoms with Crippen LogP contribution in [0.3, 0.4) is 0 Å². The van der Waals surface area contributed by atoms with E-state index in [4.69, 9.17) is 11.6 Å². The molecule has 0 aliphatic rings. The number of para-hydroxylation sites is 1. The van der Waals surface area contributed by atoms with Crippen molar-refractivity contribution in [3.63, 3.8) is 0 Å². The average Bonchev–Trinajstić information content (AvgIpc) is 2.79. The zero-order valence-corrected chi connectivity index (χ0v) is 14.3. The number of rotatable bonds is 3. The number of aliphatic hydroxyl groups excluding tert-OH is 1. The lowest BCUT2D eigenvalue weighted by Crippen LogP contribution is -2.03. The van der Waals surface area contributed by atoms with Crippen molar-refractivity contribution in [2.24, 2.45) is 7.05 Å². The van der Waals surface area contributed by atoms with Crippen molar-refractivity contribution in [2.45, 2.75) is 12.5 Å². The van der Waals surface area contributed by atoms with E-state index in [0.29, 0.717) is 11.4 Å². The lowest BCUT2D eigenvalue weighted by Gasteiger charge is -2.10. The number of hydrogen-bond acceptors (Lipinski definition) is 2. The van der Waals surface area contributed by atoms with Crippen LogP contribution in [0.25, 0.3) is 10.9 Å². The third-order valence-electron chi connectivity index (χ3n) is 3.55. The number of aromatic nitrogens is 2. The molecule has 1 N–H and O–H groups in total. The Balaban J connectivity index is 1.92. The van der Waals surface area contributed by atoms with Gasteiger partial charge in [0.05, 0.1) is 22.3 Å². The molecule has 0 saturated heterocycles. The molecule has 0 aliphatic carbocycles. The van der Waals surface area contributed by atoms with Crippen molar-refractivity contribution in [1.29, 1.82) is 0 Å². The largest absolute Gasteiger partial charge is 0.388 e. The predicted octanol–water partition coefficient (Wildman–Crippen LogP) is 4.11. The molecule has 3 rings (SSSR count). The fourth-order valence-electron chi connectivity index (χ4n) is 2.46. The van der Waals surface area contributed by atoms with Gasteiger partial charge in [-0.2, -0.15) is 5.10 Å². The topological polar surface area (TPSA) is 38.0 Å². The molecule has 3 aromatic rings. The van der Waals surface area contributed by atoms with Crippen molar-refractivity contribution in [1.82, 2.24) is 9.78 Å². The van der Waals surface area contributed by atoms with Gasteiger partial charge >= 0.3 is 0 Å². The summed E-state index contributed by atoms with van der Waals surface area (Å²) in [5, 5.41) is 16.7. The van der Waals surface area contributed by atoms with Crippen LogP contribution >= 0.6 is 34.2 Å². The van der Waals surface area contributed by atoms with Crippen LogP contribution in [0.15, 0.2) is 42.5 Å². The Kier molecular flexibility index (Phi) is 4.19. The van der Waals surface area contributed by atoms with Gasteiger partial charge in [-0.25, -0.2) is 0 Å². The summed E-state index contributed by atoms with van der Waals surface area (Å²) >= 11 is 8.30. The molecule has 1 heterocycles. The summed E-state index contributed by atoms with van der Waals surface area (Å²) in [6.07, 6.45) is -0.143. The van der Waals surface area contributed by atoms with Crippen LogP contribution in [-0.2, 0) is 13.5 Å². The van der Waals surface area contributed by atoms with E-state index in [1.54, 1.807) is 0 Å². The number of aryl methyl sites for hydroxylation is 1. The van der Waals surface area contributed by atoms with Crippen LogP contribution in [0.5, 0.6) is 0 Å². The summed E-state index contributed by atoms with van der Waals surface area (Å²) in [7, 11) is 1.92. The predicted molar refractivity (Wildman–Crippen MR) is 93.5 cm³/mol. The van der Waals surface area contributed by atoms with Crippen molar-refractivity contribution < 1.29 is 5.11 Å². The van der Waals surface area contributed by atoms with Gasteiger partial charge in [0.25, 0.3) is 0 Å². The van der Waals surface area contributed by atoms with Crippen molar-refractivity contribution in [3.05, 3.63) is 62.3 Å². The van der Waals surface area contributed by atoms with Crippen LogP contribution in [0.4, 0.5) is 0 Å². The first kappa shape index (κ1) is 14.8. The zero-order valence-electron chi connectivity index (χ0n) is 11.4. The Morgan fingerprint density at radius 3 is 2.81 bits per heavy atom. The summed E-state index contributed by atoms with van der Waals surface area (Å²) in [5.41, 5.74) is 2.78. The summed E-state index contributed by atoms with van der Waals surface area (Å²) < 4.78 is 2.83. The highest BCUT2D eigenvalue weighted by Crippen LogP contribution is 2.27. The normalized spacial score (nSPS) is 12.8. The molecule has 1 aromatic heterocycles. The van der Waals surface area contributed by atoms with Gasteiger partial charge in [0.2, 0.25) is 0 Å². The number of hydrogen-bond donors (Lipinski definition) is 1. The van der Waals surface area contributed by atoms with E-state index in [1.807, 2.05) is 54.2 Å². The minimum absolute atomic E-state index is 0.471. The van der Waals surface area contributed by atoms with E-state index in [0.717, 1.165) is 25.7 Å². The van der Waals surface area contributed by atoms with Gasteiger partial charge in [-0.3, -0.25) is 4.68 Å². The van der Waals surface area contributed by atoms with E-state index >= 15 is 0 Å². The maximum atomic E-state index is 10.4. The Morgan fingerprint density at radius 2 is 2.05 bits per heavy atom. The molecule has 108 valence electrons. The van der Waals surface area contributed by atoms with Gasteiger partial charge in [0, 0.05) is 22.4 Å². The molecule has 1 atom stereocenters. The monoisotopic (exact) mass is 412 g/mol. The molecular weight excluding hydrogens is 399 g/mol. The van der Waals surface area contributed by atoms with E-state index in [2.05, 4.69) is 27.7 Å². The number of halogens is 2. The van der Waals surface area contributed by atoms with Crippen molar-refractivity contribution in [3.8, 4) is 0 Å². The Morgan fingerprint density at radius 1 is 1.29 bits per heavy atom. The van der Waals surface area contributed by atoms with E-state index in [1.165, 1.54) is 0 Å². The van der Waals surface area contributed by atoms with E-state index in [9.17, 15) is 5.11 Å². The summed E-state index contributed by atoms with van der Waals surface area (Å²) in [6.45, 7) is 0. The van der Waals surface area contributed by atoms with Crippen LogP contribution in [0, 0.1) is 3.57 Å². The lowest BCUT2D eigenvalue weighted by molar-refractivity contribution is 0.177. The fourth-order valence-corrected chi connectivity index (χ4v) is 2.98. The second-order valence-electron chi connectivity index (χ2n) is 4.98. The highest BCUT2D eigenvalue weighted by molar-refractivity contribution is 14.1. The minimum Gasteiger partial charge on any atom is -0.388 e. The van der Waals surface area contributed by atoms with Gasteiger partial charge < -0.3 is 5.11 Å². The SMILES string of the molecule is Cn1nc(CC(O)c2ccc(I)c(Cl)c2)c2ccccc21. The zero-order chi connectivity index (χ0) is 15.0. The van der Waals surface area contributed by atoms with Crippen molar-refractivity contribution in [2.75, 3.05) is 0 Å². The quantitative estimate of drug-likeness (QED) is 0.658. The van der Waals surface area contributed by atoms with E-state index in [-0.39, 0.29) is 0 Å². The molecule has 0 fully saturated rings. The molecule has 21 heavy (non-hydrogen) atoms. The Bertz CT molecular complexity index is 800. The van der Waals surface area contributed by atoms with Crippen LogP contribution < -0.4 is 0 Å². The molecule has 2 aromatic carbocycles. The maximum absolute atomic E-state index is 10.4. The van der Waals surface area contributed by atoms with Crippen molar-refractivity contribution >= 4 is 45.1 Å². The number of benzene rings is 2. The Labute approximate surface area is 141 Å². The first-order valence-electron chi connectivity index (χ1n) is 6.60. The standard InChI is InChI=1S/C16H14ClIN2O/c1-20-15-5-3-2-4-11(15)14(19-20)9-16(21)10-6-7-13(18)12(17)8-10/h2-8,16,21H,9H2,1H3. The highest BCUT2D eigenvalue weighted by Gasteiger charge is 2.15. The second kappa shape index (κ2) is 5.94. The molecule has 0 saturated carbocycles. The molecule has 1 unspecified atom stereocenters. The molecule has 0 bridgehead atoms. The Hall–Kier alpha value is -1.11. The summed E-state index contributed by atoms with van der Waals surface area (Å²) in [6, 6.07) is 13.7. The molecule has 0 spiro atoms. The van der Waals surface area contributed by atoms with Gasteiger partial charge in [-0.1, -0.05) is 35.9 Å². The van der Waals surface area contributed by atoms with Crippen LogP contribution in [0.2, 0.25) is 5.02 Å². The summed E-state index contributed by atoms with van der Waals surface area (Å²) in [4.78, 5) is 0. The minimum atomic E-state index is -0.613. The van der Waals surface area contributed by atoms with Gasteiger partial charge in [-0.05, 0) is 46.4 Å². The number of fused-ring (bicyclic) bond motifs is 1. The molecule has 5 heteroatoms. The van der Waals surface area contributed by atoms with Gasteiger partial charge in [0.15, 0.2) is 0 Å². The fraction of sp³-hybridized carbons (Fsp3) is 0.188. The van der Waals surface area contributed by atoms with E-state index < -0.39 is 6.10 Å². The third-order valence-corrected chi connectivity index (χ3v) is 5.12. The first-order chi connectivity index (χ1) is 10.1. The third kappa shape index (κ3) is 2.93. The van der Waals surface area contributed by atoms with Crippen LogP contribution in [-0.4, -0.2) is 14.9 Å². The molecule has 0 radical (unpaired) electrons. The second-order valence-corrected chi connectivity index (χ2v) is 6.55. The first-order valence-corrected chi connectivity index (χ1v) is 8.05. The smallest absolute Gasteiger partial charge is 0.0846 e. The summed E-state index contributed by atoms with van der Waals surface area (Å²) in [5.74, 6) is 0. The molecule has 0 amide bonds.